The minimum atomic E-state index is -0.696. The molecule has 1 atom stereocenters. The number of aromatic hydroxyl groups is 1. The maximum Gasteiger partial charge on any atom is 0.260 e. The van der Waals surface area contributed by atoms with Crippen molar-refractivity contribution in [2.45, 2.75) is 19.4 Å². The molecule has 5 heteroatoms. The minimum absolute atomic E-state index is 0.0784. The van der Waals surface area contributed by atoms with Crippen LogP contribution in [-0.4, -0.2) is 41.7 Å². The monoisotopic (exact) mass is 253 g/mol. The van der Waals surface area contributed by atoms with E-state index in [1.165, 1.54) is 23.1 Å². The number of phenols is 1. The molecular formula is C13H16FNO3. The standard InChI is InChI=1S/C13H16FNO3/c1-9-8-15(6-3-7-18-9)13(17)12-10(14)4-2-5-11(12)16/h2,4-5,9,16H,3,6-8H2,1H3. The third-order valence-electron chi connectivity index (χ3n) is 2.94. The largest absolute Gasteiger partial charge is 0.507 e. The Labute approximate surface area is 105 Å². The van der Waals surface area contributed by atoms with Gasteiger partial charge in [-0.1, -0.05) is 6.07 Å². The first-order valence-corrected chi connectivity index (χ1v) is 5.98. The Hall–Kier alpha value is -1.62. The highest BCUT2D eigenvalue weighted by molar-refractivity contribution is 5.97. The predicted molar refractivity (Wildman–Crippen MR) is 64.0 cm³/mol. The van der Waals surface area contributed by atoms with Gasteiger partial charge in [0.2, 0.25) is 0 Å². The molecule has 1 heterocycles. The number of nitrogens with zero attached hydrogens (tertiary/aromatic N) is 1. The number of phenolic OH excluding ortho intramolecular Hbond substituents is 1. The number of halogens is 1. The Balaban J connectivity index is 2.24. The summed E-state index contributed by atoms with van der Waals surface area (Å²) in [5, 5.41) is 9.61. The second-order valence-corrected chi connectivity index (χ2v) is 4.42. The van der Waals surface area contributed by atoms with Crippen molar-refractivity contribution in [2.75, 3.05) is 19.7 Å². The molecule has 0 spiro atoms. The van der Waals surface area contributed by atoms with Gasteiger partial charge in [0.15, 0.2) is 0 Å². The molecule has 1 N–H and O–H groups in total. The molecule has 0 radical (unpaired) electrons. The Morgan fingerprint density at radius 1 is 1.56 bits per heavy atom. The van der Waals surface area contributed by atoms with Crippen molar-refractivity contribution in [3.8, 4) is 5.75 Å². The molecule has 1 aromatic rings. The van der Waals surface area contributed by atoms with Crippen molar-refractivity contribution < 1.29 is 19.0 Å². The molecule has 1 amide bonds. The smallest absolute Gasteiger partial charge is 0.260 e. The molecule has 0 saturated carbocycles. The molecule has 4 nitrogen and oxygen atoms in total. The van der Waals surface area contributed by atoms with Crippen molar-refractivity contribution in [3.05, 3.63) is 29.6 Å². The summed E-state index contributed by atoms with van der Waals surface area (Å²) in [7, 11) is 0. The summed E-state index contributed by atoms with van der Waals surface area (Å²) in [5.41, 5.74) is -0.258. The lowest BCUT2D eigenvalue weighted by molar-refractivity contribution is 0.0558. The van der Waals surface area contributed by atoms with Gasteiger partial charge in [-0.25, -0.2) is 4.39 Å². The van der Waals surface area contributed by atoms with Crippen LogP contribution in [0, 0.1) is 5.82 Å². The number of hydrogen-bond acceptors (Lipinski definition) is 3. The molecule has 1 aromatic carbocycles. The van der Waals surface area contributed by atoms with Gasteiger partial charge in [0, 0.05) is 19.7 Å². The Kier molecular flexibility index (Phi) is 3.81. The van der Waals surface area contributed by atoms with Gasteiger partial charge in [-0.3, -0.25) is 4.79 Å². The first kappa shape index (κ1) is 12.8. The number of hydrogen-bond donors (Lipinski definition) is 1. The first-order valence-electron chi connectivity index (χ1n) is 5.98. The molecule has 0 aliphatic carbocycles. The van der Waals surface area contributed by atoms with E-state index in [4.69, 9.17) is 4.74 Å². The summed E-state index contributed by atoms with van der Waals surface area (Å²) < 4.78 is 19.0. The van der Waals surface area contributed by atoms with Crippen LogP contribution < -0.4 is 0 Å². The minimum Gasteiger partial charge on any atom is -0.507 e. The molecule has 18 heavy (non-hydrogen) atoms. The highest BCUT2D eigenvalue weighted by Crippen LogP contribution is 2.22. The third kappa shape index (κ3) is 2.61. The average Bonchev–Trinajstić information content (AvgIpc) is 2.53. The fraction of sp³-hybridized carbons (Fsp3) is 0.462. The van der Waals surface area contributed by atoms with E-state index in [0.717, 1.165) is 0 Å². The summed E-state index contributed by atoms with van der Waals surface area (Å²) >= 11 is 0. The normalized spacial score (nSPS) is 20.6. The van der Waals surface area contributed by atoms with Crippen LogP contribution in [0.5, 0.6) is 5.75 Å². The number of amides is 1. The van der Waals surface area contributed by atoms with E-state index in [9.17, 15) is 14.3 Å². The summed E-state index contributed by atoms with van der Waals surface area (Å²) in [5.74, 6) is -1.50. The lowest BCUT2D eigenvalue weighted by Gasteiger charge is -2.22. The van der Waals surface area contributed by atoms with E-state index in [0.29, 0.717) is 26.1 Å². The van der Waals surface area contributed by atoms with Gasteiger partial charge in [-0.05, 0) is 25.5 Å². The van der Waals surface area contributed by atoms with E-state index in [-0.39, 0.29) is 17.4 Å². The van der Waals surface area contributed by atoms with Crippen LogP contribution in [0.3, 0.4) is 0 Å². The van der Waals surface area contributed by atoms with Gasteiger partial charge in [-0.2, -0.15) is 0 Å². The van der Waals surface area contributed by atoms with Gasteiger partial charge in [0.25, 0.3) is 5.91 Å². The van der Waals surface area contributed by atoms with Crippen LogP contribution in [0.1, 0.15) is 23.7 Å². The van der Waals surface area contributed by atoms with Crippen molar-refractivity contribution in [1.29, 1.82) is 0 Å². The van der Waals surface area contributed by atoms with Crippen LogP contribution >= 0.6 is 0 Å². The summed E-state index contributed by atoms with van der Waals surface area (Å²) in [6.07, 6.45) is 0.635. The molecule has 0 bridgehead atoms. The maximum atomic E-state index is 13.6. The second-order valence-electron chi connectivity index (χ2n) is 4.42. The topological polar surface area (TPSA) is 49.8 Å². The molecule has 0 aromatic heterocycles. The summed E-state index contributed by atoms with van der Waals surface area (Å²) in [6.45, 7) is 3.38. The average molecular weight is 253 g/mol. The zero-order valence-electron chi connectivity index (χ0n) is 10.2. The van der Waals surface area contributed by atoms with Gasteiger partial charge in [0.05, 0.1) is 6.10 Å². The molecule has 1 fully saturated rings. The van der Waals surface area contributed by atoms with Crippen LogP contribution in [0.4, 0.5) is 4.39 Å². The van der Waals surface area contributed by atoms with Gasteiger partial charge in [0.1, 0.15) is 17.1 Å². The molecule has 1 aliphatic rings. The quantitative estimate of drug-likeness (QED) is 0.830. The lowest BCUT2D eigenvalue weighted by atomic mass is 10.1. The molecule has 1 unspecified atom stereocenters. The van der Waals surface area contributed by atoms with Crippen molar-refractivity contribution in [2.24, 2.45) is 0 Å². The van der Waals surface area contributed by atoms with Crippen molar-refractivity contribution >= 4 is 5.91 Å². The second kappa shape index (κ2) is 5.35. The third-order valence-corrected chi connectivity index (χ3v) is 2.94. The molecule has 1 aliphatic heterocycles. The molecule has 2 rings (SSSR count). The number of carbonyl (C=O) groups excluding carboxylic acids is 1. The molecule has 98 valence electrons. The van der Waals surface area contributed by atoms with Crippen molar-refractivity contribution in [1.82, 2.24) is 4.90 Å². The summed E-state index contributed by atoms with van der Waals surface area (Å²) in [4.78, 5) is 13.7. The van der Waals surface area contributed by atoms with E-state index in [1.807, 2.05) is 6.92 Å². The number of rotatable bonds is 1. The van der Waals surface area contributed by atoms with Crippen LogP contribution in [0.2, 0.25) is 0 Å². The Morgan fingerprint density at radius 3 is 3.06 bits per heavy atom. The fourth-order valence-corrected chi connectivity index (χ4v) is 2.06. The first-order chi connectivity index (χ1) is 8.59. The van der Waals surface area contributed by atoms with Gasteiger partial charge in [-0.15, -0.1) is 0 Å². The lowest BCUT2D eigenvalue weighted by Crippen LogP contribution is -2.36. The highest BCUT2D eigenvalue weighted by atomic mass is 19.1. The van der Waals surface area contributed by atoms with Crippen LogP contribution in [0.25, 0.3) is 0 Å². The number of benzene rings is 1. The zero-order chi connectivity index (χ0) is 13.1. The van der Waals surface area contributed by atoms with Crippen LogP contribution in [0.15, 0.2) is 18.2 Å². The fourth-order valence-electron chi connectivity index (χ4n) is 2.06. The van der Waals surface area contributed by atoms with E-state index in [1.54, 1.807) is 0 Å². The molecular weight excluding hydrogens is 237 g/mol. The number of carbonyl (C=O) groups is 1. The summed E-state index contributed by atoms with van der Waals surface area (Å²) in [6, 6.07) is 3.86. The zero-order valence-corrected chi connectivity index (χ0v) is 10.2. The van der Waals surface area contributed by atoms with Crippen LogP contribution in [-0.2, 0) is 4.74 Å². The Morgan fingerprint density at radius 2 is 2.33 bits per heavy atom. The van der Waals surface area contributed by atoms with E-state index in [2.05, 4.69) is 0 Å². The van der Waals surface area contributed by atoms with Gasteiger partial charge < -0.3 is 14.7 Å². The number of ether oxygens (including phenoxy) is 1. The predicted octanol–water partition coefficient (Wildman–Crippen LogP) is 1.78. The van der Waals surface area contributed by atoms with E-state index >= 15 is 0 Å². The Bertz CT molecular complexity index is 430. The maximum absolute atomic E-state index is 13.6. The molecule has 1 saturated heterocycles. The highest BCUT2D eigenvalue weighted by Gasteiger charge is 2.25. The SMILES string of the molecule is CC1CN(C(=O)c2c(O)cccc2F)CCCO1. The van der Waals surface area contributed by atoms with Crippen molar-refractivity contribution in [3.63, 3.8) is 0 Å². The van der Waals surface area contributed by atoms with Gasteiger partial charge >= 0.3 is 0 Å². The van der Waals surface area contributed by atoms with E-state index < -0.39 is 11.7 Å².